The number of hydrogen-bond acceptors (Lipinski definition) is 0. The molecule has 42 heavy (non-hydrogen) atoms. The van der Waals surface area contributed by atoms with Crippen LogP contribution >= 0.6 is 0 Å². The molecular weight excluding hydrogens is 508 g/mol. The van der Waals surface area contributed by atoms with Crippen molar-refractivity contribution in [2.45, 2.75) is 239 Å². The average Bonchev–Trinajstić information content (AvgIpc) is 3.49. The monoisotopic (exact) mass is 588 g/mol. The topological polar surface area (TPSA) is 19.7 Å². The van der Waals surface area contributed by atoms with E-state index in [0.717, 1.165) is 0 Å². The van der Waals surface area contributed by atoms with Crippen molar-refractivity contribution in [2.75, 3.05) is 0 Å². The molecule has 248 valence electrons. The van der Waals surface area contributed by atoms with Crippen molar-refractivity contribution in [1.29, 1.82) is 0 Å². The molecule has 0 bridgehead atoms. The Morgan fingerprint density at radius 2 is 0.762 bits per heavy atom. The van der Waals surface area contributed by atoms with Gasteiger partial charge in [0.1, 0.15) is 12.4 Å². The molecule has 1 aromatic heterocycles. The molecule has 2 nitrogen and oxygen atoms in total. The number of rotatable bonds is 33. The van der Waals surface area contributed by atoms with E-state index in [9.17, 15) is 0 Å². The molecule has 0 saturated heterocycles. The largest absolute Gasteiger partial charge is 0.257 e. The summed E-state index contributed by atoms with van der Waals surface area (Å²) in [5.41, 5.74) is 0. The van der Waals surface area contributed by atoms with Crippen molar-refractivity contribution in [3.8, 4) is 0 Å². The third-order valence-corrected chi connectivity index (χ3v) is 9.89. The second-order valence-corrected chi connectivity index (χ2v) is 14.0. The first-order valence-electron chi connectivity index (χ1n) is 19.8. The van der Waals surface area contributed by atoms with Gasteiger partial charge in [-0.3, -0.25) is 0 Å². The van der Waals surface area contributed by atoms with Crippen LogP contribution in [0.25, 0.3) is 0 Å². The third-order valence-electron chi connectivity index (χ3n) is 9.89. The third kappa shape index (κ3) is 21.8. The van der Waals surface area contributed by atoms with E-state index in [1.165, 1.54) is 205 Å². The van der Waals surface area contributed by atoms with Crippen LogP contribution in [0.15, 0.2) is 12.4 Å². The molecule has 0 radical (unpaired) electrons. The maximum Gasteiger partial charge on any atom is 0.257 e. The minimum atomic E-state index is 0.620. The minimum Gasteiger partial charge on any atom is -0.247 e. The van der Waals surface area contributed by atoms with Gasteiger partial charge in [-0.15, -0.1) is 0 Å². The highest BCUT2D eigenvalue weighted by atomic mass is 15.1. The molecule has 2 unspecified atom stereocenters. The normalized spacial score (nSPS) is 13.1. The summed E-state index contributed by atoms with van der Waals surface area (Å²) >= 11 is 0. The fourth-order valence-electron chi connectivity index (χ4n) is 6.96. The lowest BCUT2D eigenvalue weighted by molar-refractivity contribution is -0.727. The molecule has 0 fully saturated rings. The van der Waals surface area contributed by atoms with Crippen molar-refractivity contribution >= 4 is 0 Å². The average molecular weight is 588 g/mol. The first kappa shape index (κ1) is 39.2. The predicted octanol–water partition coefficient (Wildman–Crippen LogP) is 14.1. The van der Waals surface area contributed by atoms with Gasteiger partial charge in [0.25, 0.3) is 5.82 Å². The highest BCUT2D eigenvalue weighted by Gasteiger charge is 2.25. The van der Waals surface area contributed by atoms with Crippen molar-refractivity contribution in [1.82, 2.24) is 4.98 Å². The van der Waals surface area contributed by atoms with Crippen LogP contribution < -0.4 is 4.57 Å². The number of H-pyrrole nitrogens is 1. The van der Waals surface area contributed by atoms with E-state index in [1.54, 1.807) is 0 Å². The fourth-order valence-corrected chi connectivity index (χ4v) is 6.96. The summed E-state index contributed by atoms with van der Waals surface area (Å²) in [7, 11) is 0. The first-order valence-corrected chi connectivity index (χ1v) is 19.8. The van der Waals surface area contributed by atoms with Crippen LogP contribution in [-0.2, 0) is 0 Å². The van der Waals surface area contributed by atoms with Crippen molar-refractivity contribution in [3.63, 3.8) is 0 Å². The Balaban J connectivity index is 2.30. The van der Waals surface area contributed by atoms with Gasteiger partial charge in [-0.05, 0) is 32.6 Å². The molecule has 0 amide bonds. The van der Waals surface area contributed by atoms with Crippen LogP contribution in [0.1, 0.15) is 245 Å². The van der Waals surface area contributed by atoms with Gasteiger partial charge in [-0.2, -0.15) is 0 Å². The highest BCUT2D eigenvalue weighted by Crippen LogP contribution is 2.27. The second kappa shape index (κ2) is 30.2. The summed E-state index contributed by atoms with van der Waals surface area (Å²) in [5, 5.41) is 0. The van der Waals surface area contributed by atoms with Gasteiger partial charge >= 0.3 is 0 Å². The smallest absolute Gasteiger partial charge is 0.247 e. The molecule has 0 aliphatic rings. The quantitative estimate of drug-likeness (QED) is 0.0623. The Morgan fingerprint density at radius 1 is 0.452 bits per heavy atom. The van der Waals surface area contributed by atoms with Crippen LogP contribution in [0, 0.1) is 0 Å². The zero-order valence-corrected chi connectivity index (χ0v) is 29.7. The number of aromatic nitrogens is 2. The van der Waals surface area contributed by atoms with Gasteiger partial charge in [0, 0.05) is 0 Å². The van der Waals surface area contributed by atoms with Crippen molar-refractivity contribution in [2.24, 2.45) is 0 Å². The van der Waals surface area contributed by atoms with E-state index in [1.807, 2.05) is 0 Å². The van der Waals surface area contributed by atoms with E-state index in [0.29, 0.717) is 12.0 Å². The van der Waals surface area contributed by atoms with Crippen molar-refractivity contribution in [3.05, 3.63) is 18.2 Å². The van der Waals surface area contributed by atoms with E-state index < -0.39 is 0 Å². The summed E-state index contributed by atoms with van der Waals surface area (Å²) in [6, 6.07) is 0.620. The Hall–Kier alpha value is -0.790. The lowest BCUT2D eigenvalue weighted by atomic mass is 9.93. The van der Waals surface area contributed by atoms with Crippen LogP contribution in [0.4, 0.5) is 0 Å². The van der Waals surface area contributed by atoms with Gasteiger partial charge < -0.3 is 0 Å². The Bertz CT molecular complexity index is 650. The highest BCUT2D eigenvalue weighted by molar-refractivity contribution is 4.90. The predicted molar refractivity (Wildman–Crippen MR) is 189 cm³/mol. The lowest BCUT2D eigenvalue weighted by Gasteiger charge is -2.17. The molecule has 2 heteroatoms. The number of imidazole rings is 1. The Labute approximate surface area is 266 Å². The van der Waals surface area contributed by atoms with E-state index in [4.69, 9.17) is 0 Å². The van der Waals surface area contributed by atoms with Gasteiger partial charge in [-0.25, -0.2) is 9.55 Å². The summed E-state index contributed by atoms with van der Waals surface area (Å²) in [6.45, 7) is 9.42. The van der Waals surface area contributed by atoms with Gasteiger partial charge in [0.05, 0.1) is 12.0 Å². The Kier molecular flexibility index (Phi) is 28.3. The van der Waals surface area contributed by atoms with Crippen LogP contribution in [0.5, 0.6) is 0 Å². The molecule has 0 spiro atoms. The number of nitrogens with one attached hydrogen (secondary N) is 1. The lowest BCUT2D eigenvalue weighted by Crippen LogP contribution is -2.41. The number of unbranched alkanes of at least 4 members (excludes halogenated alkanes) is 25. The van der Waals surface area contributed by atoms with E-state index >= 15 is 0 Å². The second-order valence-electron chi connectivity index (χ2n) is 14.0. The molecule has 1 rings (SSSR count). The Morgan fingerprint density at radius 3 is 1.14 bits per heavy atom. The molecule has 2 atom stereocenters. The van der Waals surface area contributed by atoms with Crippen LogP contribution in [-0.4, -0.2) is 4.98 Å². The number of hydrogen-bond donors (Lipinski definition) is 1. The number of aromatic amines is 1. The summed E-state index contributed by atoms with van der Waals surface area (Å²) in [5.74, 6) is 2.24. The summed E-state index contributed by atoms with van der Waals surface area (Å²) < 4.78 is 2.63. The fraction of sp³-hybridized carbons (Fsp3) is 0.925. The molecule has 0 aromatic carbocycles. The van der Waals surface area contributed by atoms with Crippen LogP contribution in [0.2, 0.25) is 0 Å². The molecule has 1 heterocycles. The van der Waals surface area contributed by atoms with Gasteiger partial charge in [0.15, 0.2) is 0 Å². The van der Waals surface area contributed by atoms with Gasteiger partial charge in [-0.1, -0.05) is 194 Å². The molecule has 1 aromatic rings. The molecule has 0 aliphatic carbocycles. The standard InChI is InChI=1S/C40H78N2/c1-5-8-11-14-16-18-20-21-23-25-27-29-32-35-39(34-31-13-10-7-3)40-41-36-37-42(40)38(4)33-30-28-26-24-22-19-17-15-12-9-6-2/h36-39H,5-35H2,1-4H3/p+1. The first-order chi connectivity index (χ1) is 20.7. The van der Waals surface area contributed by atoms with Crippen molar-refractivity contribution < 1.29 is 4.57 Å². The van der Waals surface area contributed by atoms with E-state index in [2.05, 4.69) is 49.6 Å². The van der Waals surface area contributed by atoms with Gasteiger partial charge in [0.2, 0.25) is 0 Å². The van der Waals surface area contributed by atoms with E-state index in [-0.39, 0.29) is 0 Å². The zero-order chi connectivity index (χ0) is 30.4. The summed E-state index contributed by atoms with van der Waals surface area (Å²) in [4.78, 5) is 3.73. The SMILES string of the molecule is CCCCCCCCCCCCCCCC(CCCCCC)c1[nH]cc[n+]1C(C)CCCCCCCCCCCCC. The molecule has 1 N–H and O–H groups in total. The molecule has 0 aliphatic heterocycles. The summed E-state index contributed by atoms with van der Waals surface area (Å²) in [6.07, 6.45) is 48.7. The number of nitrogens with zero attached hydrogens (tertiary/aromatic N) is 1. The zero-order valence-electron chi connectivity index (χ0n) is 29.7. The van der Waals surface area contributed by atoms with Crippen LogP contribution in [0.3, 0.4) is 0 Å². The maximum absolute atomic E-state index is 3.73. The molecule has 0 saturated carbocycles. The minimum absolute atomic E-state index is 0.620. The maximum atomic E-state index is 3.73. The molecular formula is C40H79N2+.